The molecule has 2 saturated carbocycles. The SMILES string of the molecule is O=c1[nH]c2c(s1)[C@@H](c1cccs1)[C@H]1[C@@H]3CC[C@H](C3)[C@@H]1S2. The Hall–Kier alpha value is -0.520. The van der Waals surface area contributed by atoms with E-state index in [1.54, 1.807) is 0 Å². The molecule has 2 aromatic rings. The van der Waals surface area contributed by atoms with Crippen LogP contribution in [0, 0.1) is 17.8 Å². The van der Waals surface area contributed by atoms with Gasteiger partial charge in [0.1, 0.15) is 0 Å². The predicted octanol–water partition coefficient (Wildman–Crippen LogP) is 4.15. The lowest BCUT2D eigenvalue weighted by Crippen LogP contribution is -2.33. The van der Waals surface area contributed by atoms with Gasteiger partial charge in [-0.2, -0.15) is 0 Å². The van der Waals surface area contributed by atoms with E-state index < -0.39 is 0 Å². The number of aromatic nitrogens is 1. The average molecular weight is 321 g/mol. The fourth-order valence-corrected chi connectivity index (χ4v) is 8.49. The molecule has 5 rings (SSSR count). The first-order valence-electron chi connectivity index (χ1n) is 7.24. The molecule has 1 N–H and O–H groups in total. The van der Waals surface area contributed by atoms with Crippen molar-refractivity contribution in [2.24, 2.45) is 17.8 Å². The number of thioether (sulfide) groups is 1. The molecule has 2 aliphatic carbocycles. The van der Waals surface area contributed by atoms with Crippen LogP contribution in [0.15, 0.2) is 27.3 Å². The molecule has 0 amide bonds. The third-order valence-electron chi connectivity index (χ3n) is 5.32. The highest BCUT2D eigenvalue weighted by molar-refractivity contribution is 8.00. The summed E-state index contributed by atoms with van der Waals surface area (Å²) in [5.74, 6) is 3.01. The molecular formula is C15H15NOS3. The lowest BCUT2D eigenvalue weighted by Gasteiger charge is -2.39. The van der Waals surface area contributed by atoms with Crippen molar-refractivity contribution in [3.05, 3.63) is 36.9 Å². The smallest absolute Gasteiger partial charge is 0.305 e. The van der Waals surface area contributed by atoms with E-state index in [1.165, 1.54) is 45.4 Å². The van der Waals surface area contributed by atoms with Crippen LogP contribution in [-0.2, 0) is 0 Å². The van der Waals surface area contributed by atoms with Gasteiger partial charge in [0.25, 0.3) is 0 Å². The first kappa shape index (κ1) is 12.1. The maximum absolute atomic E-state index is 11.8. The highest BCUT2D eigenvalue weighted by Gasteiger charge is 2.54. The molecule has 0 unspecified atom stereocenters. The van der Waals surface area contributed by atoms with Gasteiger partial charge in [-0.3, -0.25) is 4.79 Å². The zero-order valence-corrected chi connectivity index (χ0v) is 13.3. The summed E-state index contributed by atoms with van der Waals surface area (Å²) in [4.78, 5) is 17.8. The van der Waals surface area contributed by atoms with Crippen LogP contribution in [-0.4, -0.2) is 10.2 Å². The minimum Gasteiger partial charge on any atom is -0.307 e. The summed E-state index contributed by atoms with van der Waals surface area (Å²) in [6.07, 6.45) is 4.23. The Bertz CT molecular complexity index is 701. The number of aromatic amines is 1. The van der Waals surface area contributed by atoms with E-state index in [4.69, 9.17) is 0 Å². The van der Waals surface area contributed by atoms with Gasteiger partial charge >= 0.3 is 4.87 Å². The van der Waals surface area contributed by atoms with Gasteiger partial charge in [0.2, 0.25) is 0 Å². The van der Waals surface area contributed by atoms with E-state index in [2.05, 4.69) is 22.5 Å². The first-order chi connectivity index (χ1) is 9.81. The maximum Gasteiger partial charge on any atom is 0.305 e. The van der Waals surface area contributed by atoms with E-state index >= 15 is 0 Å². The summed E-state index contributed by atoms with van der Waals surface area (Å²) in [6.45, 7) is 0. The lowest BCUT2D eigenvalue weighted by molar-refractivity contribution is 0.310. The highest BCUT2D eigenvalue weighted by atomic mass is 32.2. The van der Waals surface area contributed by atoms with E-state index in [9.17, 15) is 4.79 Å². The number of nitrogens with one attached hydrogen (secondary N) is 1. The Morgan fingerprint density at radius 3 is 3.00 bits per heavy atom. The Labute approximate surface area is 129 Å². The van der Waals surface area contributed by atoms with Crippen LogP contribution in [0.3, 0.4) is 0 Å². The van der Waals surface area contributed by atoms with Gasteiger partial charge in [0.15, 0.2) is 0 Å². The molecule has 0 saturated heterocycles. The van der Waals surface area contributed by atoms with Gasteiger partial charge in [-0.05, 0) is 48.5 Å². The van der Waals surface area contributed by atoms with Crippen LogP contribution in [0.2, 0.25) is 0 Å². The summed E-state index contributed by atoms with van der Waals surface area (Å²) in [5.41, 5.74) is 0. The van der Waals surface area contributed by atoms with Crippen LogP contribution >= 0.6 is 34.4 Å². The summed E-state index contributed by atoms with van der Waals surface area (Å²) in [7, 11) is 0. The second kappa shape index (κ2) is 4.24. The second-order valence-electron chi connectivity index (χ2n) is 6.19. The monoisotopic (exact) mass is 321 g/mol. The van der Waals surface area contributed by atoms with Gasteiger partial charge in [-0.1, -0.05) is 17.4 Å². The van der Waals surface area contributed by atoms with Crippen LogP contribution < -0.4 is 4.87 Å². The topological polar surface area (TPSA) is 32.9 Å². The maximum atomic E-state index is 11.8. The molecule has 1 aliphatic heterocycles. The number of thiazole rings is 1. The average Bonchev–Trinajstić information content (AvgIpc) is 3.19. The molecule has 0 spiro atoms. The molecule has 20 heavy (non-hydrogen) atoms. The third kappa shape index (κ3) is 1.54. The van der Waals surface area contributed by atoms with Gasteiger partial charge in [-0.15, -0.1) is 23.1 Å². The molecule has 3 heterocycles. The predicted molar refractivity (Wildman–Crippen MR) is 85.1 cm³/mol. The van der Waals surface area contributed by atoms with Crippen molar-refractivity contribution in [1.82, 2.24) is 4.98 Å². The van der Waals surface area contributed by atoms with Crippen molar-refractivity contribution in [3.63, 3.8) is 0 Å². The van der Waals surface area contributed by atoms with Crippen molar-refractivity contribution >= 4 is 34.4 Å². The van der Waals surface area contributed by atoms with Crippen LogP contribution in [0.4, 0.5) is 0 Å². The van der Waals surface area contributed by atoms with E-state index in [0.29, 0.717) is 5.92 Å². The van der Waals surface area contributed by atoms with E-state index in [1.807, 2.05) is 23.1 Å². The quantitative estimate of drug-likeness (QED) is 0.856. The highest BCUT2D eigenvalue weighted by Crippen LogP contribution is 2.63. The molecule has 2 fully saturated rings. The molecule has 0 aromatic carbocycles. The Kier molecular flexibility index (Phi) is 2.56. The molecule has 3 aliphatic rings. The number of hydrogen-bond acceptors (Lipinski definition) is 4. The molecule has 5 atom stereocenters. The lowest BCUT2D eigenvalue weighted by atomic mass is 9.77. The minimum atomic E-state index is 0.122. The van der Waals surface area contributed by atoms with E-state index in [0.717, 1.165) is 23.0 Å². The van der Waals surface area contributed by atoms with Crippen molar-refractivity contribution in [2.75, 3.05) is 0 Å². The fourth-order valence-electron chi connectivity index (χ4n) is 4.64. The van der Waals surface area contributed by atoms with Gasteiger partial charge in [0, 0.05) is 20.9 Å². The van der Waals surface area contributed by atoms with Gasteiger partial charge in [-0.25, -0.2) is 0 Å². The summed E-state index contributed by atoms with van der Waals surface area (Å²) >= 11 is 5.28. The zero-order valence-electron chi connectivity index (χ0n) is 10.9. The van der Waals surface area contributed by atoms with Gasteiger partial charge in [0.05, 0.1) is 5.03 Å². The van der Waals surface area contributed by atoms with Crippen molar-refractivity contribution in [3.8, 4) is 0 Å². The van der Waals surface area contributed by atoms with Gasteiger partial charge < -0.3 is 4.98 Å². The molecule has 0 radical (unpaired) electrons. The van der Waals surface area contributed by atoms with Crippen molar-refractivity contribution in [1.29, 1.82) is 0 Å². The Morgan fingerprint density at radius 2 is 2.15 bits per heavy atom. The molecule has 2 aromatic heterocycles. The molecular weight excluding hydrogens is 306 g/mol. The fraction of sp³-hybridized carbons (Fsp3) is 0.533. The third-order valence-corrected chi connectivity index (χ3v) is 8.89. The molecule has 2 nitrogen and oxygen atoms in total. The zero-order chi connectivity index (χ0) is 13.3. The van der Waals surface area contributed by atoms with Crippen LogP contribution in [0.25, 0.3) is 0 Å². The number of fused-ring (bicyclic) bond motifs is 6. The number of thiophene rings is 1. The standard InChI is InChI=1S/C15H15NOS3/c17-15-16-14-13(20-15)11(9-2-1-5-18-9)10-7-3-4-8(6-7)12(10)19-14/h1-2,5,7-8,10-12H,3-4,6H2,(H,16,17)/t7-,8-,10-,11+,12+/m1/s1. The summed E-state index contributed by atoms with van der Waals surface area (Å²) in [6, 6.07) is 4.42. The largest absolute Gasteiger partial charge is 0.307 e. The summed E-state index contributed by atoms with van der Waals surface area (Å²) in [5, 5.41) is 4.08. The Balaban J connectivity index is 1.71. The molecule has 5 heteroatoms. The Morgan fingerprint density at radius 1 is 1.25 bits per heavy atom. The van der Waals surface area contributed by atoms with Crippen molar-refractivity contribution in [2.45, 2.75) is 35.5 Å². The minimum absolute atomic E-state index is 0.122. The van der Waals surface area contributed by atoms with Crippen molar-refractivity contribution < 1.29 is 0 Å². The van der Waals surface area contributed by atoms with Crippen LogP contribution in [0.1, 0.15) is 34.9 Å². The second-order valence-corrected chi connectivity index (χ2v) is 9.38. The van der Waals surface area contributed by atoms with E-state index in [-0.39, 0.29) is 4.87 Å². The number of hydrogen-bond donors (Lipinski definition) is 1. The van der Waals surface area contributed by atoms with Crippen LogP contribution in [0.5, 0.6) is 0 Å². The number of H-pyrrole nitrogens is 1. The first-order valence-corrected chi connectivity index (χ1v) is 9.82. The molecule has 104 valence electrons. The molecule has 2 bridgehead atoms. The summed E-state index contributed by atoms with van der Waals surface area (Å²) < 4.78 is 0. The normalized spacial score (nSPS) is 37.9. The number of rotatable bonds is 1.